The molecule has 90 valence electrons. The maximum atomic E-state index is 5.80. The zero-order valence-corrected chi connectivity index (χ0v) is 11.0. The molecule has 0 fully saturated rings. The van der Waals surface area contributed by atoms with Gasteiger partial charge in [0, 0.05) is 18.6 Å². The van der Waals surface area contributed by atoms with Crippen molar-refractivity contribution >= 4 is 5.82 Å². The standard InChI is InChI=1S/C12H21N3O/c1-11(2,3)8-7-9(13)15-10(14-8)12(4,5)16-6/h7H,1-6H3,(H2,13,14,15). The van der Waals surface area contributed by atoms with E-state index in [9.17, 15) is 0 Å². The van der Waals surface area contributed by atoms with Gasteiger partial charge in [0.1, 0.15) is 11.4 Å². The van der Waals surface area contributed by atoms with Crippen LogP contribution in [0.4, 0.5) is 5.82 Å². The predicted octanol–water partition coefficient (Wildman–Crippen LogP) is 2.24. The molecule has 1 aromatic rings. The normalized spacial score (nSPS) is 12.9. The molecule has 0 aromatic carbocycles. The van der Waals surface area contributed by atoms with Gasteiger partial charge < -0.3 is 10.5 Å². The molecule has 0 saturated carbocycles. The summed E-state index contributed by atoms with van der Waals surface area (Å²) in [5.74, 6) is 1.11. The lowest BCUT2D eigenvalue weighted by Crippen LogP contribution is -2.26. The lowest BCUT2D eigenvalue weighted by Gasteiger charge is -2.25. The van der Waals surface area contributed by atoms with Gasteiger partial charge in [0.25, 0.3) is 0 Å². The Bertz CT molecular complexity index is 380. The van der Waals surface area contributed by atoms with Crippen LogP contribution >= 0.6 is 0 Å². The Morgan fingerprint density at radius 2 is 1.69 bits per heavy atom. The molecule has 0 atom stereocenters. The number of methoxy groups -OCH3 is 1. The van der Waals surface area contributed by atoms with Crippen LogP contribution in [0.15, 0.2) is 6.07 Å². The molecule has 0 bridgehead atoms. The molecule has 0 saturated heterocycles. The topological polar surface area (TPSA) is 61.0 Å². The minimum absolute atomic E-state index is 0.0460. The highest BCUT2D eigenvalue weighted by Crippen LogP contribution is 2.26. The third kappa shape index (κ3) is 2.70. The molecule has 0 aliphatic heterocycles. The van der Waals surface area contributed by atoms with Gasteiger partial charge in [-0.1, -0.05) is 20.8 Å². The van der Waals surface area contributed by atoms with Gasteiger partial charge >= 0.3 is 0 Å². The van der Waals surface area contributed by atoms with Gasteiger partial charge in [-0.3, -0.25) is 0 Å². The molecule has 1 heterocycles. The first-order valence-electron chi connectivity index (χ1n) is 5.37. The molecular weight excluding hydrogens is 202 g/mol. The molecule has 0 aliphatic rings. The van der Waals surface area contributed by atoms with Crippen LogP contribution in [0.5, 0.6) is 0 Å². The fourth-order valence-electron chi connectivity index (χ4n) is 1.21. The summed E-state index contributed by atoms with van der Waals surface area (Å²) in [6.07, 6.45) is 0. The molecule has 0 spiro atoms. The third-order valence-electron chi connectivity index (χ3n) is 2.56. The fraction of sp³-hybridized carbons (Fsp3) is 0.667. The lowest BCUT2D eigenvalue weighted by atomic mass is 9.91. The maximum absolute atomic E-state index is 5.80. The Balaban J connectivity index is 3.29. The summed E-state index contributed by atoms with van der Waals surface area (Å²) in [5, 5.41) is 0. The SMILES string of the molecule is COC(C)(C)c1nc(N)cc(C(C)(C)C)n1. The second-order valence-electron chi connectivity index (χ2n) is 5.47. The van der Waals surface area contributed by atoms with Crippen LogP contribution < -0.4 is 5.73 Å². The Morgan fingerprint density at radius 1 is 1.12 bits per heavy atom. The molecule has 0 unspecified atom stereocenters. The number of nitrogens with zero attached hydrogens (tertiary/aromatic N) is 2. The number of anilines is 1. The molecule has 4 nitrogen and oxygen atoms in total. The van der Waals surface area contributed by atoms with Gasteiger partial charge in [0.2, 0.25) is 0 Å². The Hall–Kier alpha value is -1.16. The first-order chi connectivity index (χ1) is 7.16. The van der Waals surface area contributed by atoms with Gasteiger partial charge in [-0.25, -0.2) is 9.97 Å². The van der Waals surface area contributed by atoms with E-state index in [1.54, 1.807) is 7.11 Å². The number of hydrogen-bond donors (Lipinski definition) is 1. The molecule has 1 aromatic heterocycles. The van der Waals surface area contributed by atoms with Crippen molar-refractivity contribution in [2.75, 3.05) is 12.8 Å². The Morgan fingerprint density at radius 3 is 2.12 bits per heavy atom. The average Bonchev–Trinajstić information content (AvgIpc) is 2.15. The van der Waals surface area contributed by atoms with Crippen LogP contribution in [0.2, 0.25) is 0 Å². The molecule has 0 amide bonds. The monoisotopic (exact) mass is 223 g/mol. The quantitative estimate of drug-likeness (QED) is 0.835. The maximum Gasteiger partial charge on any atom is 0.162 e. The Labute approximate surface area is 97.2 Å². The van der Waals surface area contributed by atoms with Gasteiger partial charge in [-0.15, -0.1) is 0 Å². The van der Waals surface area contributed by atoms with Gasteiger partial charge in [0.15, 0.2) is 5.82 Å². The summed E-state index contributed by atoms with van der Waals surface area (Å²) >= 11 is 0. The van der Waals surface area contributed by atoms with E-state index < -0.39 is 5.60 Å². The van der Waals surface area contributed by atoms with Crippen molar-refractivity contribution in [1.29, 1.82) is 0 Å². The number of nitrogen functional groups attached to an aromatic ring is 1. The van der Waals surface area contributed by atoms with Gasteiger partial charge in [0.05, 0.1) is 5.69 Å². The van der Waals surface area contributed by atoms with Crippen molar-refractivity contribution in [1.82, 2.24) is 9.97 Å². The number of rotatable bonds is 2. The van der Waals surface area contributed by atoms with Crippen molar-refractivity contribution in [3.05, 3.63) is 17.6 Å². The van der Waals surface area contributed by atoms with E-state index >= 15 is 0 Å². The highest BCUT2D eigenvalue weighted by Gasteiger charge is 2.26. The highest BCUT2D eigenvalue weighted by molar-refractivity contribution is 5.33. The molecular formula is C12H21N3O. The predicted molar refractivity (Wildman–Crippen MR) is 65.2 cm³/mol. The second-order valence-corrected chi connectivity index (χ2v) is 5.47. The van der Waals surface area contributed by atoms with Crippen molar-refractivity contribution in [2.24, 2.45) is 0 Å². The largest absolute Gasteiger partial charge is 0.384 e. The summed E-state index contributed by atoms with van der Waals surface area (Å²) in [5.41, 5.74) is 6.17. The first kappa shape index (κ1) is 12.9. The molecule has 0 aliphatic carbocycles. The van der Waals surface area contributed by atoms with E-state index in [2.05, 4.69) is 30.7 Å². The van der Waals surface area contributed by atoms with E-state index in [1.807, 2.05) is 19.9 Å². The number of aromatic nitrogens is 2. The summed E-state index contributed by atoms with van der Waals surface area (Å²) in [7, 11) is 1.64. The van der Waals surface area contributed by atoms with Crippen molar-refractivity contribution in [3.63, 3.8) is 0 Å². The number of ether oxygens (including phenoxy) is 1. The summed E-state index contributed by atoms with van der Waals surface area (Å²) in [4.78, 5) is 8.76. The van der Waals surface area contributed by atoms with Crippen molar-refractivity contribution < 1.29 is 4.74 Å². The first-order valence-corrected chi connectivity index (χ1v) is 5.37. The van der Waals surface area contributed by atoms with Crippen LogP contribution in [0.3, 0.4) is 0 Å². The smallest absolute Gasteiger partial charge is 0.162 e. The van der Waals surface area contributed by atoms with Crippen LogP contribution in [0.1, 0.15) is 46.1 Å². The molecule has 2 N–H and O–H groups in total. The molecule has 4 heteroatoms. The Kier molecular flexibility index (Phi) is 3.24. The van der Waals surface area contributed by atoms with E-state index in [0.29, 0.717) is 11.6 Å². The van der Waals surface area contributed by atoms with E-state index in [0.717, 1.165) is 5.69 Å². The molecule has 0 radical (unpaired) electrons. The highest BCUT2D eigenvalue weighted by atomic mass is 16.5. The van der Waals surface area contributed by atoms with Gasteiger partial charge in [-0.05, 0) is 13.8 Å². The molecule has 1 rings (SSSR count). The lowest BCUT2D eigenvalue weighted by molar-refractivity contribution is 0.0113. The average molecular weight is 223 g/mol. The zero-order valence-electron chi connectivity index (χ0n) is 11.0. The van der Waals surface area contributed by atoms with E-state index in [-0.39, 0.29) is 5.41 Å². The van der Waals surface area contributed by atoms with Gasteiger partial charge in [-0.2, -0.15) is 0 Å². The summed E-state index contributed by atoms with van der Waals surface area (Å²) in [6, 6.07) is 1.81. The summed E-state index contributed by atoms with van der Waals surface area (Å²) in [6.45, 7) is 10.1. The van der Waals surface area contributed by atoms with Crippen LogP contribution in [0, 0.1) is 0 Å². The van der Waals surface area contributed by atoms with Crippen molar-refractivity contribution in [2.45, 2.75) is 45.6 Å². The van der Waals surface area contributed by atoms with Crippen molar-refractivity contribution in [3.8, 4) is 0 Å². The van der Waals surface area contributed by atoms with Crippen LogP contribution in [-0.2, 0) is 15.8 Å². The fourth-order valence-corrected chi connectivity index (χ4v) is 1.21. The third-order valence-corrected chi connectivity index (χ3v) is 2.56. The number of nitrogens with two attached hydrogens (primary N) is 1. The number of hydrogen-bond acceptors (Lipinski definition) is 4. The zero-order chi connectivity index (χ0) is 12.6. The second kappa shape index (κ2) is 4.01. The van der Waals surface area contributed by atoms with Crippen LogP contribution in [0.25, 0.3) is 0 Å². The van der Waals surface area contributed by atoms with E-state index in [4.69, 9.17) is 10.5 Å². The summed E-state index contributed by atoms with van der Waals surface area (Å²) < 4.78 is 5.37. The van der Waals surface area contributed by atoms with Crippen LogP contribution in [-0.4, -0.2) is 17.1 Å². The van der Waals surface area contributed by atoms with E-state index in [1.165, 1.54) is 0 Å². The molecule has 16 heavy (non-hydrogen) atoms. The minimum Gasteiger partial charge on any atom is -0.384 e. The minimum atomic E-state index is -0.518.